The molecule has 4 rings (SSSR count). The molecular weight excluding hydrogens is 372 g/mol. The molecule has 154 valence electrons. The summed E-state index contributed by atoms with van der Waals surface area (Å²) in [5.74, 6) is -0.312. The highest BCUT2D eigenvalue weighted by Gasteiger charge is 2.25. The minimum atomic E-state index is -0.323. The van der Waals surface area contributed by atoms with E-state index in [4.69, 9.17) is 4.74 Å². The first-order valence-corrected chi connectivity index (χ1v) is 10.5. The Bertz CT molecular complexity index is 876. The molecular formula is C26H28N2O2. The van der Waals surface area contributed by atoms with E-state index in [2.05, 4.69) is 34.5 Å². The van der Waals surface area contributed by atoms with Gasteiger partial charge in [-0.15, -0.1) is 0 Å². The van der Waals surface area contributed by atoms with Crippen LogP contribution in [0.25, 0.3) is 0 Å². The van der Waals surface area contributed by atoms with Gasteiger partial charge in [0.05, 0.1) is 18.6 Å². The molecule has 0 spiro atoms. The number of ether oxygens (including phenoxy) is 1. The van der Waals surface area contributed by atoms with Crippen molar-refractivity contribution in [2.75, 3.05) is 26.2 Å². The Labute approximate surface area is 178 Å². The Balaban J connectivity index is 1.38. The van der Waals surface area contributed by atoms with Crippen LogP contribution in [0.4, 0.5) is 0 Å². The number of benzene rings is 3. The van der Waals surface area contributed by atoms with Crippen molar-refractivity contribution in [1.82, 2.24) is 10.2 Å². The molecule has 3 aromatic rings. The normalized spacial score (nSPS) is 17.0. The quantitative estimate of drug-likeness (QED) is 0.655. The van der Waals surface area contributed by atoms with Gasteiger partial charge in [-0.05, 0) is 16.7 Å². The molecule has 0 aliphatic carbocycles. The SMILES string of the molecule is O=C(NC[C@H]1CN(Cc2ccccc2)CCO1)C(c1ccccc1)c1ccccc1. The fourth-order valence-corrected chi connectivity index (χ4v) is 3.99. The summed E-state index contributed by atoms with van der Waals surface area (Å²) in [6, 6.07) is 30.4. The molecule has 0 saturated carbocycles. The second kappa shape index (κ2) is 10.2. The molecule has 4 heteroatoms. The van der Waals surface area contributed by atoms with E-state index in [-0.39, 0.29) is 17.9 Å². The van der Waals surface area contributed by atoms with Crippen molar-refractivity contribution >= 4 is 5.91 Å². The molecule has 0 bridgehead atoms. The lowest BCUT2D eigenvalue weighted by Crippen LogP contribution is -2.47. The highest BCUT2D eigenvalue weighted by molar-refractivity contribution is 5.87. The van der Waals surface area contributed by atoms with Crippen LogP contribution in [0.3, 0.4) is 0 Å². The zero-order valence-electron chi connectivity index (χ0n) is 17.1. The van der Waals surface area contributed by atoms with Crippen molar-refractivity contribution in [3.8, 4) is 0 Å². The third-order valence-electron chi connectivity index (χ3n) is 5.50. The minimum absolute atomic E-state index is 0.00129. The van der Waals surface area contributed by atoms with Gasteiger partial charge in [-0.25, -0.2) is 0 Å². The molecule has 0 radical (unpaired) electrons. The molecule has 1 N–H and O–H groups in total. The van der Waals surface area contributed by atoms with Crippen molar-refractivity contribution in [3.05, 3.63) is 108 Å². The zero-order valence-corrected chi connectivity index (χ0v) is 17.1. The fraction of sp³-hybridized carbons (Fsp3) is 0.269. The van der Waals surface area contributed by atoms with Crippen molar-refractivity contribution < 1.29 is 9.53 Å². The highest BCUT2D eigenvalue weighted by atomic mass is 16.5. The second-order valence-electron chi connectivity index (χ2n) is 7.71. The van der Waals surface area contributed by atoms with Crippen molar-refractivity contribution in [2.24, 2.45) is 0 Å². The molecule has 1 saturated heterocycles. The zero-order chi connectivity index (χ0) is 20.6. The van der Waals surface area contributed by atoms with Crippen LogP contribution in [-0.4, -0.2) is 43.2 Å². The number of carbonyl (C=O) groups is 1. The van der Waals surface area contributed by atoms with Crippen LogP contribution < -0.4 is 5.32 Å². The standard InChI is InChI=1S/C26H28N2O2/c29-26(25(22-12-6-2-7-13-22)23-14-8-3-9-15-23)27-18-24-20-28(16-17-30-24)19-21-10-4-1-5-11-21/h1-15,24-25H,16-20H2,(H,27,29)/t24-/m0/s1. The van der Waals surface area contributed by atoms with Crippen molar-refractivity contribution in [2.45, 2.75) is 18.6 Å². The van der Waals surface area contributed by atoms with Crippen LogP contribution in [0, 0.1) is 0 Å². The maximum atomic E-state index is 13.2. The van der Waals surface area contributed by atoms with Crippen LogP contribution in [-0.2, 0) is 16.1 Å². The Hall–Kier alpha value is -2.95. The molecule has 1 atom stereocenters. The summed E-state index contributed by atoms with van der Waals surface area (Å²) < 4.78 is 5.93. The first kappa shape index (κ1) is 20.3. The summed E-state index contributed by atoms with van der Waals surface area (Å²) in [5, 5.41) is 3.14. The first-order chi connectivity index (χ1) is 14.8. The van der Waals surface area contributed by atoms with Gasteiger partial charge < -0.3 is 10.1 Å². The number of nitrogens with zero attached hydrogens (tertiary/aromatic N) is 1. The van der Waals surface area contributed by atoms with Crippen molar-refractivity contribution in [3.63, 3.8) is 0 Å². The van der Waals surface area contributed by atoms with Gasteiger partial charge >= 0.3 is 0 Å². The monoisotopic (exact) mass is 400 g/mol. The molecule has 1 amide bonds. The molecule has 4 nitrogen and oxygen atoms in total. The lowest BCUT2D eigenvalue weighted by molar-refractivity contribution is -0.123. The maximum Gasteiger partial charge on any atom is 0.232 e. The Kier molecular flexibility index (Phi) is 6.91. The number of nitrogens with one attached hydrogen (secondary N) is 1. The molecule has 30 heavy (non-hydrogen) atoms. The summed E-state index contributed by atoms with van der Waals surface area (Å²) in [7, 11) is 0. The molecule has 1 aliphatic heterocycles. The van der Waals surface area contributed by atoms with Gasteiger partial charge in [0.15, 0.2) is 0 Å². The maximum absolute atomic E-state index is 13.2. The lowest BCUT2D eigenvalue weighted by atomic mass is 9.90. The van der Waals surface area contributed by atoms with Crippen molar-refractivity contribution in [1.29, 1.82) is 0 Å². The van der Waals surface area contributed by atoms with E-state index >= 15 is 0 Å². The Morgan fingerprint density at radius 3 is 2.07 bits per heavy atom. The van der Waals surface area contributed by atoms with Gasteiger partial charge in [0.1, 0.15) is 0 Å². The molecule has 3 aromatic carbocycles. The van der Waals surface area contributed by atoms with E-state index in [0.29, 0.717) is 13.2 Å². The number of carbonyl (C=O) groups excluding carboxylic acids is 1. The first-order valence-electron chi connectivity index (χ1n) is 10.5. The van der Waals surface area contributed by atoms with Gasteiger partial charge in [-0.2, -0.15) is 0 Å². The average molecular weight is 401 g/mol. The summed E-state index contributed by atoms with van der Waals surface area (Å²) in [4.78, 5) is 15.6. The van der Waals surface area contributed by atoms with E-state index in [1.54, 1.807) is 0 Å². The Morgan fingerprint density at radius 1 is 0.900 bits per heavy atom. The van der Waals surface area contributed by atoms with Crippen LogP contribution in [0.2, 0.25) is 0 Å². The number of amides is 1. The molecule has 1 heterocycles. The predicted octanol–water partition coefficient (Wildman–Crippen LogP) is 3.84. The van der Waals surface area contributed by atoms with Crippen LogP contribution in [0.5, 0.6) is 0 Å². The van der Waals surface area contributed by atoms with E-state index < -0.39 is 0 Å². The largest absolute Gasteiger partial charge is 0.374 e. The van der Waals surface area contributed by atoms with Gasteiger partial charge in [-0.3, -0.25) is 9.69 Å². The smallest absolute Gasteiger partial charge is 0.232 e. The number of morpholine rings is 1. The van der Waals surface area contributed by atoms with Gasteiger partial charge in [0.2, 0.25) is 5.91 Å². The van der Waals surface area contributed by atoms with E-state index in [9.17, 15) is 4.79 Å². The number of rotatable bonds is 7. The number of hydrogen-bond acceptors (Lipinski definition) is 3. The summed E-state index contributed by atoms with van der Waals surface area (Å²) >= 11 is 0. The van der Waals surface area contributed by atoms with Crippen LogP contribution in [0.1, 0.15) is 22.6 Å². The van der Waals surface area contributed by atoms with Gasteiger partial charge in [-0.1, -0.05) is 91.0 Å². The van der Waals surface area contributed by atoms with Crippen LogP contribution >= 0.6 is 0 Å². The predicted molar refractivity (Wildman–Crippen MR) is 119 cm³/mol. The topological polar surface area (TPSA) is 41.6 Å². The summed E-state index contributed by atoms with van der Waals surface area (Å²) in [5.41, 5.74) is 3.29. The minimum Gasteiger partial charge on any atom is -0.374 e. The third-order valence-corrected chi connectivity index (χ3v) is 5.50. The fourth-order valence-electron chi connectivity index (χ4n) is 3.99. The summed E-state index contributed by atoms with van der Waals surface area (Å²) in [6.07, 6.45) is -0.00129. The van der Waals surface area contributed by atoms with Gasteiger partial charge in [0.25, 0.3) is 0 Å². The molecule has 1 fully saturated rings. The number of hydrogen-bond donors (Lipinski definition) is 1. The van der Waals surface area contributed by atoms with E-state index in [0.717, 1.165) is 30.8 Å². The molecule has 0 aromatic heterocycles. The second-order valence-corrected chi connectivity index (χ2v) is 7.71. The Morgan fingerprint density at radius 2 is 1.47 bits per heavy atom. The molecule has 0 unspecified atom stereocenters. The highest BCUT2D eigenvalue weighted by Crippen LogP contribution is 2.24. The molecule has 1 aliphatic rings. The van der Waals surface area contributed by atoms with E-state index in [1.165, 1.54) is 5.56 Å². The third kappa shape index (κ3) is 5.35. The van der Waals surface area contributed by atoms with E-state index in [1.807, 2.05) is 66.7 Å². The average Bonchev–Trinajstić information content (AvgIpc) is 2.80. The van der Waals surface area contributed by atoms with Gasteiger partial charge in [0, 0.05) is 26.2 Å². The lowest BCUT2D eigenvalue weighted by Gasteiger charge is -2.33. The van der Waals surface area contributed by atoms with Crippen LogP contribution in [0.15, 0.2) is 91.0 Å². The summed E-state index contributed by atoms with van der Waals surface area (Å²) in [6.45, 7) is 3.84.